The van der Waals surface area contributed by atoms with Crippen molar-refractivity contribution < 1.29 is 18.8 Å². The van der Waals surface area contributed by atoms with Crippen LogP contribution in [0.3, 0.4) is 0 Å². The van der Waals surface area contributed by atoms with Gasteiger partial charge in [0.2, 0.25) is 11.8 Å². The highest BCUT2D eigenvalue weighted by Gasteiger charge is 2.34. The van der Waals surface area contributed by atoms with E-state index in [1.54, 1.807) is 35.9 Å². The molecule has 2 aromatic heterocycles. The summed E-state index contributed by atoms with van der Waals surface area (Å²) in [4.78, 5) is 42.1. The minimum atomic E-state index is -0.970. The molecule has 4 aromatic rings. The summed E-state index contributed by atoms with van der Waals surface area (Å²) in [5, 5.41) is 7.43. The van der Waals surface area contributed by atoms with E-state index < -0.39 is 11.9 Å². The molecule has 1 atom stereocenters. The SMILES string of the molecule is Cc1ccc(C(C(=O)NCc2ccco2)N(C(=O)CNC(=O)c2cccs2)c2cccc(C)c2C)cc1. The number of nitrogens with zero attached hydrogens (tertiary/aromatic N) is 1. The fourth-order valence-electron chi connectivity index (χ4n) is 4.00. The lowest BCUT2D eigenvalue weighted by Gasteiger charge is -2.33. The Labute approximate surface area is 220 Å². The van der Waals surface area contributed by atoms with Gasteiger partial charge in [-0.05, 0) is 67.1 Å². The second-order valence-electron chi connectivity index (χ2n) is 8.75. The van der Waals surface area contributed by atoms with Crippen molar-refractivity contribution in [3.05, 3.63) is 111 Å². The van der Waals surface area contributed by atoms with Crippen molar-refractivity contribution in [2.24, 2.45) is 0 Å². The molecule has 0 radical (unpaired) electrons. The van der Waals surface area contributed by atoms with Crippen LogP contribution in [0.5, 0.6) is 0 Å². The molecule has 0 aliphatic heterocycles. The van der Waals surface area contributed by atoms with E-state index in [4.69, 9.17) is 4.42 Å². The lowest BCUT2D eigenvalue weighted by Crippen LogP contribution is -2.47. The number of amides is 3. The molecule has 0 saturated carbocycles. The summed E-state index contributed by atoms with van der Waals surface area (Å²) in [7, 11) is 0. The van der Waals surface area contributed by atoms with Gasteiger partial charge < -0.3 is 15.1 Å². The summed E-state index contributed by atoms with van der Waals surface area (Å²) in [6.07, 6.45) is 1.54. The molecule has 4 rings (SSSR count). The fraction of sp³-hybridized carbons (Fsp3) is 0.207. The molecule has 0 bridgehead atoms. The van der Waals surface area contributed by atoms with Crippen LogP contribution in [-0.2, 0) is 16.1 Å². The molecule has 0 aliphatic rings. The Morgan fingerprint density at radius 3 is 2.38 bits per heavy atom. The maximum Gasteiger partial charge on any atom is 0.261 e. The predicted octanol–water partition coefficient (Wildman–Crippen LogP) is 5.09. The normalized spacial score (nSPS) is 11.5. The molecule has 2 heterocycles. The molecule has 0 fully saturated rings. The van der Waals surface area contributed by atoms with Gasteiger partial charge in [-0.1, -0.05) is 48.0 Å². The number of hydrogen-bond donors (Lipinski definition) is 2. The minimum absolute atomic E-state index is 0.179. The number of thiophene rings is 1. The number of aryl methyl sites for hydroxylation is 2. The van der Waals surface area contributed by atoms with E-state index in [2.05, 4.69) is 10.6 Å². The summed E-state index contributed by atoms with van der Waals surface area (Å²) in [5.41, 5.74) is 4.15. The Kier molecular flexibility index (Phi) is 8.20. The molecule has 37 heavy (non-hydrogen) atoms. The summed E-state index contributed by atoms with van der Waals surface area (Å²) in [6, 6.07) is 19.2. The van der Waals surface area contributed by atoms with E-state index >= 15 is 0 Å². The molecule has 190 valence electrons. The Balaban J connectivity index is 1.72. The van der Waals surface area contributed by atoms with E-state index in [-0.39, 0.29) is 24.9 Å². The summed E-state index contributed by atoms with van der Waals surface area (Å²) < 4.78 is 5.37. The Morgan fingerprint density at radius 1 is 0.919 bits per heavy atom. The van der Waals surface area contributed by atoms with Gasteiger partial charge in [-0.25, -0.2) is 0 Å². The average Bonchev–Trinajstić information content (AvgIpc) is 3.62. The van der Waals surface area contributed by atoms with Crippen LogP contribution in [-0.4, -0.2) is 24.3 Å². The van der Waals surface area contributed by atoms with Crippen LogP contribution in [0, 0.1) is 20.8 Å². The standard InChI is InChI=1S/C29H29N3O4S/c1-19-11-13-22(14-12-19)27(29(35)30-17-23-8-5-15-36-23)32(24-9-4-7-20(2)21(24)3)26(33)18-31-28(34)25-10-6-16-37-25/h4-16,27H,17-18H2,1-3H3,(H,30,35)(H,31,34). The Hall–Kier alpha value is -4.17. The Bertz CT molecular complexity index is 1360. The van der Waals surface area contributed by atoms with Crippen LogP contribution in [0.2, 0.25) is 0 Å². The highest BCUT2D eigenvalue weighted by atomic mass is 32.1. The highest BCUT2D eigenvalue weighted by molar-refractivity contribution is 7.12. The third-order valence-corrected chi connectivity index (χ3v) is 7.03. The average molecular weight is 516 g/mol. The molecular weight excluding hydrogens is 486 g/mol. The lowest BCUT2D eigenvalue weighted by molar-refractivity contribution is -0.126. The minimum Gasteiger partial charge on any atom is -0.467 e. The molecular formula is C29H29N3O4S. The number of anilines is 1. The van der Waals surface area contributed by atoms with Crippen molar-refractivity contribution in [3.63, 3.8) is 0 Å². The van der Waals surface area contributed by atoms with Gasteiger partial charge in [-0.15, -0.1) is 11.3 Å². The van der Waals surface area contributed by atoms with Crippen LogP contribution < -0.4 is 15.5 Å². The Morgan fingerprint density at radius 2 is 1.70 bits per heavy atom. The number of carbonyl (C=O) groups excluding carboxylic acids is 3. The number of furan rings is 1. The van der Waals surface area contributed by atoms with E-state index in [0.29, 0.717) is 21.9 Å². The number of benzene rings is 2. The van der Waals surface area contributed by atoms with Crippen LogP contribution in [0.4, 0.5) is 5.69 Å². The zero-order chi connectivity index (χ0) is 26.4. The van der Waals surface area contributed by atoms with Crippen molar-refractivity contribution in [3.8, 4) is 0 Å². The molecule has 3 amide bonds. The number of carbonyl (C=O) groups is 3. The van der Waals surface area contributed by atoms with Gasteiger partial charge in [0, 0.05) is 5.69 Å². The second-order valence-corrected chi connectivity index (χ2v) is 9.70. The first-order chi connectivity index (χ1) is 17.8. The maximum atomic E-state index is 13.8. The molecule has 0 spiro atoms. The summed E-state index contributed by atoms with van der Waals surface area (Å²) in [5.74, 6) is -0.501. The zero-order valence-electron chi connectivity index (χ0n) is 21.0. The third-order valence-electron chi connectivity index (χ3n) is 6.17. The van der Waals surface area contributed by atoms with Gasteiger partial charge >= 0.3 is 0 Å². The van der Waals surface area contributed by atoms with Gasteiger partial charge in [0.1, 0.15) is 11.8 Å². The molecule has 1 unspecified atom stereocenters. The molecule has 0 aliphatic carbocycles. The lowest BCUT2D eigenvalue weighted by atomic mass is 9.99. The molecule has 7 nitrogen and oxygen atoms in total. The summed E-state index contributed by atoms with van der Waals surface area (Å²) in [6.45, 7) is 5.75. The fourth-order valence-corrected chi connectivity index (χ4v) is 4.64. The highest BCUT2D eigenvalue weighted by Crippen LogP contribution is 2.32. The molecule has 2 N–H and O–H groups in total. The van der Waals surface area contributed by atoms with E-state index in [9.17, 15) is 14.4 Å². The van der Waals surface area contributed by atoms with Crippen molar-refractivity contribution in [1.29, 1.82) is 0 Å². The van der Waals surface area contributed by atoms with Crippen LogP contribution in [0.25, 0.3) is 0 Å². The van der Waals surface area contributed by atoms with E-state index in [0.717, 1.165) is 16.7 Å². The van der Waals surface area contributed by atoms with Gasteiger partial charge in [-0.3, -0.25) is 19.3 Å². The van der Waals surface area contributed by atoms with Crippen LogP contribution >= 0.6 is 11.3 Å². The first kappa shape index (κ1) is 25.9. The van der Waals surface area contributed by atoms with E-state index in [1.165, 1.54) is 16.2 Å². The monoisotopic (exact) mass is 515 g/mol. The van der Waals surface area contributed by atoms with Crippen molar-refractivity contribution >= 4 is 34.7 Å². The number of hydrogen-bond acceptors (Lipinski definition) is 5. The quantitative estimate of drug-likeness (QED) is 0.325. The third kappa shape index (κ3) is 6.16. The molecule has 0 saturated heterocycles. The second kappa shape index (κ2) is 11.7. The topological polar surface area (TPSA) is 91.7 Å². The van der Waals surface area contributed by atoms with Crippen molar-refractivity contribution in [1.82, 2.24) is 10.6 Å². The van der Waals surface area contributed by atoms with Crippen LogP contribution in [0.1, 0.15) is 43.7 Å². The number of nitrogens with one attached hydrogen (secondary N) is 2. The zero-order valence-corrected chi connectivity index (χ0v) is 21.8. The smallest absolute Gasteiger partial charge is 0.261 e. The maximum absolute atomic E-state index is 13.8. The number of rotatable bonds is 9. The molecule has 2 aromatic carbocycles. The predicted molar refractivity (Wildman–Crippen MR) is 145 cm³/mol. The first-order valence-electron chi connectivity index (χ1n) is 11.9. The van der Waals surface area contributed by atoms with Gasteiger partial charge in [0.25, 0.3) is 5.91 Å². The van der Waals surface area contributed by atoms with E-state index in [1.807, 2.05) is 63.2 Å². The summed E-state index contributed by atoms with van der Waals surface area (Å²) >= 11 is 1.30. The largest absolute Gasteiger partial charge is 0.467 e. The molecule has 8 heteroatoms. The van der Waals surface area contributed by atoms with Crippen molar-refractivity contribution in [2.45, 2.75) is 33.4 Å². The van der Waals surface area contributed by atoms with Gasteiger partial charge in [-0.2, -0.15) is 0 Å². The van der Waals surface area contributed by atoms with Gasteiger partial charge in [0.05, 0.1) is 24.2 Å². The van der Waals surface area contributed by atoms with Crippen molar-refractivity contribution in [2.75, 3.05) is 11.4 Å². The first-order valence-corrected chi connectivity index (χ1v) is 12.8. The van der Waals surface area contributed by atoms with Gasteiger partial charge in [0.15, 0.2) is 0 Å². The van der Waals surface area contributed by atoms with Crippen LogP contribution in [0.15, 0.2) is 82.8 Å².